The first-order valence-electron chi connectivity index (χ1n) is 9.70. The molecule has 9 nitrogen and oxygen atoms in total. The molecule has 0 saturated carbocycles. The van der Waals surface area contributed by atoms with E-state index in [1.165, 1.54) is 6.26 Å². The Morgan fingerprint density at radius 2 is 2.00 bits per heavy atom. The van der Waals surface area contributed by atoms with Crippen molar-refractivity contribution < 1.29 is 22.7 Å². The highest BCUT2D eigenvalue weighted by Gasteiger charge is 2.34. The lowest BCUT2D eigenvalue weighted by Gasteiger charge is -2.30. The second kappa shape index (κ2) is 11.2. The van der Waals surface area contributed by atoms with E-state index in [-0.39, 0.29) is 12.1 Å². The minimum Gasteiger partial charge on any atom is -0.385 e. The molecular formula is C17H34N4O5S. The van der Waals surface area contributed by atoms with Gasteiger partial charge in [0.25, 0.3) is 0 Å². The number of methoxy groups -OCH3 is 1. The first-order valence-corrected chi connectivity index (χ1v) is 11.6. The van der Waals surface area contributed by atoms with E-state index in [0.717, 1.165) is 45.7 Å². The number of urea groups is 1. The highest BCUT2D eigenvalue weighted by Crippen LogP contribution is 2.19. The van der Waals surface area contributed by atoms with Crippen molar-refractivity contribution in [3.63, 3.8) is 0 Å². The largest absolute Gasteiger partial charge is 0.385 e. The van der Waals surface area contributed by atoms with E-state index in [1.807, 2.05) is 0 Å². The van der Waals surface area contributed by atoms with E-state index in [1.54, 1.807) is 16.3 Å². The molecule has 1 atom stereocenters. The predicted octanol–water partition coefficient (Wildman–Crippen LogP) is -0.209. The number of ether oxygens (including phenoxy) is 2. The Bertz CT molecular complexity index is 554. The molecule has 2 amide bonds. The fourth-order valence-corrected chi connectivity index (χ4v) is 4.75. The van der Waals surface area contributed by atoms with Crippen molar-refractivity contribution in [2.45, 2.75) is 25.3 Å². The van der Waals surface area contributed by atoms with Crippen molar-refractivity contribution in [2.24, 2.45) is 0 Å². The Morgan fingerprint density at radius 3 is 2.67 bits per heavy atom. The maximum Gasteiger partial charge on any atom is 0.317 e. The average Bonchev–Trinajstić information content (AvgIpc) is 3.11. The number of amides is 2. The SMILES string of the molecule is COCCCNC(=O)N1CCC(N(CCCN2CCOCC2)S(C)(=O)=O)C1. The van der Waals surface area contributed by atoms with Crippen molar-refractivity contribution in [3.8, 4) is 0 Å². The highest BCUT2D eigenvalue weighted by atomic mass is 32.2. The van der Waals surface area contributed by atoms with Gasteiger partial charge in [0.1, 0.15) is 0 Å². The molecule has 0 aromatic rings. The van der Waals surface area contributed by atoms with Crippen LogP contribution in [0, 0.1) is 0 Å². The van der Waals surface area contributed by atoms with E-state index in [0.29, 0.717) is 39.2 Å². The van der Waals surface area contributed by atoms with Crippen molar-refractivity contribution in [2.75, 3.05) is 79.0 Å². The van der Waals surface area contributed by atoms with Gasteiger partial charge in [-0.25, -0.2) is 13.2 Å². The zero-order valence-corrected chi connectivity index (χ0v) is 17.4. The summed E-state index contributed by atoms with van der Waals surface area (Å²) in [6, 6.07) is -0.273. The van der Waals surface area contributed by atoms with Crippen LogP contribution in [0.2, 0.25) is 0 Å². The molecule has 27 heavy (non-hydrogen) atoms. The van der Waals surface area contributed by atoms with Crippen LogP contribution in [0.4, 0.5) is 4.79 Å². The molecule has 0 aliphatic carbocycles. The quantitative estimate of drug-likeness (QED) is 0.505. The molecule has 0 spiro atoms. The number of nitrogens with one attached hydrogen (secondary N) is 1. The smallest absolute Gasteiger partial charge is 0.317 e. The third-order valence-corrected chi connectivity index (χ3v) is 6.37. The predicted molar refractivity (Wildman–Crippen MR) is 103 cm³/mol. The Balaban J connectivity index is 1.79. The van der Waals surface area contributed by atoms with Crippen molar-refractivity contribution in [3.05, 3.63) is 0 Å². The first kappa shape index (κ1) is 22.4. The van der Waals surface area contributed by atoms with Crippen LogP contribution >= 0.6 is 0 Å². The highest BCUT2D eigenvalue weighted by molar-refractivity contribution is 7.88. The number of nitrogens with zero attached hydrogens (tertiary/aromatic N) is 3. The minimum atomic E-state index is -3.31. The van der Waals surface area contributed by atoms with Gasteiger partial charge in [0.2, 0.25) is 10.0 Å². The lowest BCUT2D eigenvalue weighted by atomic mass is 10.2. The van der Waals surface area contributed by atoms with Gasteiger partial charge in [-0.3, -0.25) is 4.90 Å². The van der Waals surface area contributed by atoms with E-state index in [2.05, 4.69) is 10.2 Å². The molecule has 1 N–H and O–H groups in total. The Morgan fingerprint density at radius 1 is 1.26 bits per heavy atom. The fourth-order valence-electron chi connectivity index (χ4n) is 3.58. The molecule has 10 heteroatoms. The summed E-state index contributed by atoms with van der Waals surface area (Å²) >= 11 is 0. The fraction of sp³-hybridized carbons (Fsp3) is 0.941. The van der Waals surface area contributed by atoms with Crippen LogP contribution in [0.15, 0.2) is 0 Å². The van der Waals surface area contributed by atoms with Crippen LogP contribution in [0.3, 0.4) is 0 Å². The van der Waals surface area contributed by atoms with Crippen LogP contribution < -0.4 is 5.32 Å². The molecule has 1 unspecified atom stereocenters. The maximum atomic E-state index is 12.3. The Hall–Kier alpha value is -0.940. The summed E-state index contributed by atoms with van der Waals surface area (Å²) in [5.74, 6) is 0. The van der Waals surface area contributed by atoms with Crippen LogP contribution in [0.25, 0.3) is 0 Å². The van der Waals surface area contributed by atoms with Gasteiger partial charge in [0.15, 0.2) is 0 Å². The third kappa shape index (κ3) is 7.53. The normalized spacial score (nSPS) is 21.7. The Kier molecular flexibility index (Phi) is 9.24. The standard InChI is InChI=1S/C17H34N4O5S/c1-25-12-3-6-18-17(22)20-9-5-16(15-20)21(27(2,23)24)8-4-7-19-10-13-26-14-11-19/h16H,3-15H2,1-2H3,(H,18,22). The molecule has 0 radical (unpaired) electrons. The number of sulfonamides is 1. The summed E-state index contributed by atoms with van der Waals surface area (Å²) < 4.78 is 36.4. The van der Waals surface area contributed by atoms with Crippen LogP contribution in [0.1, 0.15) is 19.3 Å². The topological polar surface area (TPSA) is 91.4 Å². The molecule has 2 aliphatic heterocycles. The summed E-state index contributed by atoms with van der Waals surface area (Å²) in [5, 5.41) is 2.86. The van der Waals surface area contributed by atoms with Gasteiger partial charge in [-0.2, -0.15) is 4.31 Å². The average molecular weight is 407 g/mol. The summed E-state index contributed by atoms with van der Waals surface area (Å²) in [6.07, 6.45) is 3.48. The number of carbonyl (C=O) groups excluding carboxylic acids is 1. The van der Waals surface area contributed by atoms with Gasteiger partial charge in [-0.15, -0.1) is 0 Å². The van der Waals surface area contributed by atoms with Gasteiger partial charge in [0.05, 0.1) is 19.5 Å². The number of likely N-dealkylation sites (tertiary alicyclic amines) is 1. The first-order chi connectivity index (χ1) is 12.9. The number of morpholine rings is 1. The number of carbonyl (C=O) groups is 1. The molecule has 0 aromatic heterocycles. The number of rotatable bonds is 10. The van der Waals surface area contributed by atoms with Crippen molar-refractivity contribution in [1.29, 1.82) is 0 Å². The molecule has 0 aromatic carbocycles. The maximum absolute atomic E-state index is 12.3. The summed E-state index contributed by atoms with van der Waals surface area (Å²) in [7, 11) is -1.68. The van der Waals surface area contributed by atoms with Crippen molar-refractivity contribution >= 4 is 16.1 Å². The Labute approximate surface area is 163 Å². The monoisotopic (exact) mass is 406 g/mol. The number of hydrogen-bond donors (Lipinski definition) is 1. The second-order valence-electron chi connectivity index (χ2n) is 7.15. The molecule has 2 fully saturated rings. The van der Waals surface area contributed by atoms with Gasteiger partial charge < -0.3 is 19.7 Å². The van der Waals surface area contributed by atoms with E-state index >= 15 is 0 Å². The molecular weight excluding hydrogens is 372 g/mol. The van der Waals surface area contributed by atoms with E-state index in [9.17, 15) is 13.2 Å². The van der Waals surface area contributed by atoms with Crippen LogP contribution in [0.5, 0.6) is 0 Å². The molecule has 2 heterocycles. The molecule has 2 rings (SSSR count). The van der Waals surface area contributed by atoms with Gasteiger partial charge in [-0.05, 0) is 25.8 Å². The number of hydrogen-bond acceptors (Lipinski definition) is 6. The zero-order valence-electron chi connectivity index (χ0n) is 16.6. The zero-order chi connectivity index (χ0) is 19.7. The van der Waals surface area contributed by atoms with Gasteiger partial charge in [-0.1, -0.05) is 0 Å². The van der Waals surface area contributed by atoms with Crippen LogP contribution in [-0.4, -0.2) is 114 Å². The summed E-state index contributed by atoms with van der Waals surface area (Å²) in [5.41, 5.74) is 0. The van der Waals surface area contributed by atoms with Crippen LogP contribution in [-0.2, 0) is 19.5 Å². The molecule has 2 aliphatic rings. The lowest BCUT2D eigenvalue weighted by molar-refractivity contribution is 0.0366. The van der Waals surface area contributed by atoms with Gasteiger partial charge in [0, 0.05) is 59.0 Å². The minimum absolute atomic E-state index is 0.129. The summed E-state index contributed by atoms with van der Waals surface area (Å²) in [6.45, 7) is 6.84. The van der Waals surface area contributed by atoms with E-state index < -0.39 is 10.0 Å². The lowest BCUT2D eigenvalue weighted by Crippen LogP contribution is -2.45. The molecule has 158 valence electrons. The summed E-state index contributed by atoms with van der Waals surface area (Å²) in [4.78, 5) is 16.2. The van der Waals surface area contributed by atoms with E-state index in [4.69, 9.17) is 9.47 Å². The van der Waals surface area contributed by atoms with Gasteiger partial charge >= 0.3 is 6.03 Å². The van der Waals surface area contributed by atoms with Crippen molar-refractivity contribution in [1.82, 2.24) is 19.4 Å². The molecule has 0 bridgehead atoms. The second-order valence-corrected chi connectivity index (χ2v) is 9.08. The third-order valence-electron chi connectivity index (χ3n) is 5.04. The molecule has 2 saturated heterocycles.